The van der Waals surface area contributed by atoms with Gasteiger partial charge in [-0.15, -0.1) is 0 Å². The second kappa shape index (κ2) is 9.30. The van der Waals surface area contributed by atoms with Gasteiger partial charge in [-0.2, -0.15) is 8.42 Å². The normalized spacial score (nSPS) is 19.3. The molecule has 1 aliphatic carbocycles. The number of nitrogens with zero attached hydrogens (tertiary/aromatic N) is 4. The summed E-state index contributed by atoms with van der Waals surface area (Å²) in [5.41, 5.74) is 1.05. The van der Waals surface area contributed by atoms with Gasteiger partial charge in [0.1, 0.15) is 11.5 Å². The molecule has 2 aromatic carbocycles. The first-order chi connectivity index (χ1) is 15.7. The van der Waals surface area contributed by atoms with Gasteiger partial charge in [-0.25, -0.2) is 10.0 Å². The van der Waals surface area contributed by atoms with E-state index in [4.69, 9.17) is 4.74 Å². The number of hydrogen-bond acceptors (Lipinski definition) is 7. The highest BCUT2D eigenvalue weighted by Crippen LogP contribution is 2.44. The molecule has 1 aliphatic heterocycles. The first-order valence-electron chi connectivity index (χ1n) is 11.5. The van der Waals surface area contributed by atoms with Crippen LogP contribution in [0.1, 0.15) is 76.3 Å². The second-order valence-corrected chi connectivity index (χ2v) is 10.8. The van der Waals surface area contributed by atoms with Gasteiger partial charge in [0.15, 0.2) is 0 Å². The van der Waals surface area contributed by atoms with E-state index in [1.54, 1.807) is 0 Å². The Morgan fingerprint density at radius 3 is 2.03 bits per heavy atom. The molecule has 0 aromatic heterocycles. The monoisotopic (exact) mass is 472 g/mol. The lowest BCUT2D eigenvalue weighted by Crippen LogP contribution is -2.48. The first-order valence-corrected chi connectivity index (χ1v) is 13.0. The van der Waals surface area contributed by atoms with E-state index in [2.05, 4.69) is 10.4 Å². The van der Waals surface area contributed by atoms with Crippen LogP contribution in [-0.4, -0.2) is 29.5 Å². The molecule has 1 fully saturated rings. The molecule has 4 rings (SSSR count). The Morgan fingerprint density at radius 2 is 1.52 bits per heavy atom. The van der Waals surface area contributed by atoms with Crippen molar-refractivity contribution in [1.29, 1.82) is 0 Å². The minimum absolute atomic E-state index is 0.0506. The van der Waals surface area contributed by atoms with Crippen LogP contribution in [0.2, 0.25) is 0 Å². The highest BCUT2D eigenvalue weighted by molar-refractivity contribution is 7.86. The molecule has 0 bridgehead atoms. The van der Waals surface area contributed by atoms with Crippen LogP contribution in [0.5, 0.6) is 11.5 Å². The lowest BCUT2D eigenvalue weighted by Gasteiger charge is -2.32. The third kappa shape index (κ3) is 4.84. The second-order valence-electron chi connectivity index (χ2n) is 9.36. The molecule has 1 atom stereocenters. The van der Waals surface area contributed by atoms with Gasteiger partial charge in [-0.1, -0.05) is 58.7 Å². The Kier molecular flexibility index (Phi) is 6.63. The Hall–Kier alpha value is -2.65. The van der Waals surface area contributed by atoms with E-state index in [0.717, 1.165) is 42.6 Å². The fraction of sp³-hybridized carbons (Fsp3) is 0.500. The van der Waals surface area contributed by atoms with Gasteiger partial charge >= 0.3 is 10.1 Å². The largest absolute Gasteiger partial charge is 0.457 e. The molecule has 1 N–H and O–H groups in total. The van der Waals surface area contributed by atoms with Crippen LogP contribution in [0.4, 0.5) is 5.69 Å². The molecule has 9 heteroatoms. The van der Waals surface area contributed by atoms with Crippen molar-refractivity contribution in [2.75, 3.05) is 5.01 Å². The van der Waals surface area contributed by atoms with E-state index in [1.807, 2.05) is 70.2 Å². The third-order valence-electron chi connectivity index (χ3n) is 6.23. The molecule has 0 radical (unpaired) electrons. The summed E-state index contributed by atoms with van der Waals surface area (Å²) in [7, 11) is -4.50. The summed E-state index contributed by atoms with van der Waals surface area (Å²) >= 11 is 0. The average molecular weight is 473 g/mol. The Morgan fingerprint density at radius 1 is 0.939 bits per heavy atom. The van der Waals surface area contributed by atoms with E-state index in [-0.39, 0.29) is 17.9 Å². The van der Waals surface area contributed by atoms with Gasteiger partial charge < -0.3 is 4.74 Å². The lowest BCUT2D eigenvalue weighted by atomic mass is 9.92. The molecule has 0 saturated heterocycles. The molecule has 1 heterocycles. The van der Waals surface area contributed by atoms with Crippen LogP contribution in [0.3, 0.4) is 0 Å². The molecular formula is C24H32N4O4S. The van der Waals surface area contributed by atoms with Gasteiger partial charge in [-0.05, 0) is 70.5 Å². The topological polar surface area (TPSA) is 94.8 Å². The fourth-order valence-corrected chi connectivity index (χ4v) is 5.50. The summed E-state index contributed by atoms with van der Waals surface area (Å²) in [4.78, 5) is 0. The van der Waals surface area contributed by atoms with Crippen molar-refractivity contribution >= 4 is 15.8 Å². The summed E-state index contributed by atoms with van der Waals surface area (Å²) in [6.45, 7) is 8.17. The maximum absolute atomic E-state index is 12.6. The van der Waals surface area contributed by atoms with Crippen LogP contribution in [0, 0.1) is 0 Å². The van der Waals surface area contributed by atoms with Crippen LogP contribution in [-0.2, 0) is 10.1 Å². The number of para-hydroxylation sites is 1. The number of rotatable bonds is 7. The zero-order valence-electron chi connectivity index (χ0n) is 19.5. The first kappa shape index (κ1) is 23.5. The van der Waals surface area contributed by atoms with Crippen molar-refractivity contribution in [2.24, 2.45) is 10.4 Å². The van der Waals surface area contributed by atoms with Crippen molar-refractivity contribution in [3.05, 3.63) is 53.6 Å². The molecule has 0 amide bonds. The van der Waals surface area contributed by atoms with Crippen LogP contribution < -0.4 is 9.75 Å². The smallest absolute Gasteiger partial charge is 0.309 e. The van der Waals surface area contributed by atoms with Crippen LogP contribution in [0.15, 0.2) is 52.9 Å². The van der Waals surface area contributed by atoms with Crippen molar-refractivity contribution < 1.29 is 17.7 Å². The predicted molar refractivity (Wildman–Crippen MR) is 128 cm³/mol. The van der Waals surface area contributed by atoms with Crippen molar-refractivity contribution in [1.82, 2.24) is 5.01 Å². The summed E-state index contributed by atoms with van der Waals surface area (Å²) in [5, 5.41) is 11.4. The molecule has 1 unspecified atom stereocenters. The summed E-state index contributed by atoms with van der Waals surface area (Å²) in [6.07, 6.45) is 3.68. The number of benzene rings is 2. The minimum atomic E-state index is -4.50. The number of anilines is 1. The van der Waals surface area contributed by atoms with Gasteiger partial charge in [0.25, 0.3) is 5.50 Å². The van der Waals surface area contributed by atoms with E-state index in [9.17, 15) is 13.0 Å². The van der Waals surface area contributed by atoms with E-state index in [1.165, 1.54) is 10.0 Å². The zero-order valence-corrected chi connectivity index (χ0v) is 20.4. The number of hydrogen-bond donors (Lipinski definition) is 1. The lowest BCUT2D eigenvalue weighted by molar-refractivity contribution is 0.196. The summed E-state index contributed by atoms with van der Waals surface area (Å²) in [6, 6.07) is 13.3. The molecule has 178 valence electrons. The van der Waals surface area contributed by atoms with E-state index in [0.29, 0.717) is 11.4 Å². The third-order valence-corrected chi connectivity index (χ3v) is 7.18. The average Bonchev–Trinajstić information content (AvgIpc) is 3.43. The van der Waals surface area contributed by atoms with Crippen LogP contribution >= 0.6 is 0 Å². The SMILES string of the molecule is CC(C)c1cc(Oc2ccccc2)cc(C(C)C)c1N1N=NN(C2CCCC2)C1S(=O)(=O)O. The van der Waals surface area contributed by atoms with Crippen LogP contribution in [0.25, 0.3) is 0 Å². The van der Waals surface area contributed by atoms with Gasteiger partial charge in [-0.3, -0.25) is 4.55 Å². The molecular weight excluding hydrogens is 440 g/mol. The maximum Gasteiger partial charge on any atom is 0.309 e. The minimum Gasteiger partial charge on any atom is -0.457 e. The van der Waals surface area contributed by atoms with Gasteiger partial charge in [0, 0.05) is 0 Å². The predicted octanol–water partition coefficient (Wildman–Crippen LogP) is 6.24. The van der Waals surface area contributed by atoms with Gasteiger partial charge in [0.05, 0.1) is 11.7 Å². The maximum atomic E-state index is 12.6. The molecule has 8 nitrogen and oxygen atoms in total. The van der Waals surface area contributed by atoms with E-state index < -0.39 is 15.6 Å². The molecule has 2 aliphatic rings. The Bertz CT molecular complexity index is 1080. The Balaban J connectivity index is 1.82. The van der Waals surface area contributed by atoms with E-state index >= 15 is 0 Å². The highest BCUT2D eigenvalue weighted by Gasteiger charge is 2.46. The van der Waals surface area contributed by atoms with Crippen molar-refractivity contribution in [3.8, 4) is 11.5 Å². The van der Waals surface area contributed by atoms with Gasteiger partial charge in [0.2, 0.25) is 0 Å². The van der Waals surface area contributed by atoms with Crippen molar-refractivity contribution in [3.63, 3.8) is 0 Å². The highest BCUT2D eigenvalue weighted by atomic mass is 32.2. The zero-order chi connectivity index (χ0) is 23.8. The molecule has 1 saturated carbocycles. The standard InChI is InChI=1S/C24H32N4O4S/c1-16(2)21-14-20(32-19-12-6-5-7-13-19)15-22(17(3)4)23(21)28-24(33(29,30)31)27(25-26-28)18-10-8-9-11-18/h5-7,12-18,24H,8-11H2,1-4H3,(H,29,30,31). The molecule has 0 spiro atoms. The molecule has 33 heavy (non-hydrogen) atoms. The quantitative estimate of drug-likeness (QED) is 0.479. The summed E-state index contributed by atoms with van der Waals surface area (Å²) in [5.74, 6) is 1.49. The van der Waals surface area contributed by atoms with Crippen molar-refractivity contribution in [2.45, 2.75) is 76.8 Å². The molecule has 2 aromatic rings. The fourth-order valence-electron chi connectivity index (χ4n) is 4.61. The summed E-state index contributed by atoms with van der Waals surface area (Å²) < 4.78 is 41.5. The number of ether oxygens (including phenoxy) is 1. The Labute approximate surface area is 196 Å².